The Balaban J connectivity index is 1.72. The minimum atomic E-state index is -1.82. The predicted molar refractivity (Wildman–Crippen MR) is 97.7 cm³/mol. The number of carbonyl (C=O) groups is 2. The lowest BCUT2D eigenvalue weighted by molar-refractivity contribution is -0.578. The van der Waals surface area contributed by atoms with Crippen LogP contribution < -0.4 is 5.01 Å². The molecule has 1 saturated heterocycles. The standard InChI is InChI=1S/C20H13N5O4/c26-18-16-15-11-5-1-3-7-13(11)20(25(28)29,14-8-4-2-6-12(14)15)17(16)19(27)24(18)23-9-21-22-10-23/h1-10,15-17H/t15?,16-,17+,20?/m0/s1. The number of carbonyl (C=O) groups excluding carboxylic acids is 2. The minimum absolute atomic E-state index is 0.390. The van der Waals surface area contributed by atoms with Crippen LogP contribution in [0.15, 0.2) is 61.2 Å². The predicted octanol–water partition coefficient (Wildman–Crippen LogP) is 1.19. The highest BCUT2D eigenvalue weighted by Gasteiger charge is 2.75. The molecule has 2 amide bonds. The minimum Gasteiger partial charge on any atom is -0.272 e. The van der Waals surface area contributed by atoms with E-state index in [2.05, 4.69) is 10.2 Å². The van der Waals surface area contributed by atoms with Crippen molar-refractivity contribution in [2.45, 2.75) is 11.5 Å². The average molecular weight is 387 g/mol. The third kappa shape index (κ3) is 1.63. The molecule has 2 aromatic carbocycles. The second kappa shape index (κ2) is 5.13. The van der Waals surface area contributed by atoms with Crippen LogP contribution in [0.3, 0.4) is 0 Å². The molecule has 3 aliphatic carbocycles. The summed E-state index contributed by atoms with van der Waals surface area (Å²) in [5, 5.41) is 21.0. The van der Waals surface area contributed by atoms with Crippen LogP contribution >= 0.6 is 0 Å². The highest BCUT2D eigenvalue weighted by Crippen LogP contribution is 2.63. The lowest BCUT2D eigenvalue weighted by Gasteiger charge is -2.48. The molecule has 1 fully saturated rings. The summed E-state index contributed by atoms with van der Waals surface area (Å²) in [4.78, 5) is 39.3. The van der Waals surface area contributed by atoms with Gasteiger partial charge in [-0.2, -0.15) is 5.01 Å². The highest BCUT2D eigenvalue weighted by atomic mass is 16.6. The smallest absolute Gasteiger partial charge is 0.272 e. The van der Waals surface area contributed by atoms with E-state index in [-0.39, 0.29) is 0 Å². The lowest BCUT2D eigenvalue weighted by Crippen LogP contribution is -2.57. The average Bonchev–Trinajstić information content (AvgIpc) is 3.35. The molecule has 2 atom stereocenters. The number of nitrogens with zero attached hydrogens (tertiary/aromatic N) is 5. The molecule has 0 spiro atoms. The first-order valence-electron chi connectivity index (χ1n) is 9.14. The molecule has 3 aromatic rings. The molecule has 1 aromatic heterocycles. The molecule has 1 aliphatic heterocycles. The van der Waals surface area contributed by atoms with Crippen LogP contribution in [-0.2, 0) is 15.1 Å². The van der Waals surface area contributed by atoms with Crippen LogP contribution in [0, 0.1) is 22.0 Å². The van der Waals surface area contributed by atoms with Gasteiger partial charge in [0.15, 0.2) is 0 Å². The molecule has 0 N–H and O–H groups in total. The van der Waals surface area contributed by atoms with Crippen LogP contribution in [0.2, 0.25) is 0 Å². The Morgan fingerprint density at radius 2 is 1.45 bits per heavy atom. The molecule has 142 valence electrons. The zero-order valence-electron chi connectivity index (χ0n) is 14.9. The maximum absolute atomic E-state index is 13.5. The van der Waals surface area contributed by atoms with Crippen molar-refractivity contribution in [1.29, 1.82) is 0 Å². The summed E-state index contributed by atoms with van der Waals surface area (Å²) in [6.45, 7) is 0. The maximum Gasteiger partial charge on any atom is 0.285 e. The van der Waals surface area contributed by atoms with Crippen LogP contribution in [0.5, 0.6) is 0 Å². The molecule has 2 bridgehead atoms. The Morgan fingerprint density at radius 1 is 0.897 bits per heavy atom. The molecule has 29 heavy (non-hydrogen) atoms. The topological polar surface area (TPSA) is 111 Å². The number of benzene rings is 2. The molecular weight excluding hydrogens is 374 g/mol. The Bertz CT molecular complexity index is 1170. The SMILES string of the molecule is O=C1[C@H]2C3c4ccccc4C([N+](=O)[O-])(c4ccccc43)[C@H]2C(=O)N1n1cnnc1. The van der Waals surface area contributed by atoms with Crippen LogP contribution in [0.25, 0.3) is 0 Å². The van der Waals surface area contributed by atoms with Gasteiger partial charge in [0.1, 0.15) is 18.6 Å². The fraction of sp³-hybridized carbons (Fsp3) is 0.200. The van der Waals surface area contributed by atoms with E-state index in [1.54, 1.807) is 24.3 Å². The third-order valence-electron chi connectivity index (χ3n) is 6.48. The number of rotatable bonds is 2. The fourth-order valence-electron chi connectivity index (χ4n) is 5.55. The first-order chi connectivity index (χ1) is 14.1. The number of hydrogen-bond donors (Lipinski definition) is 0. The highest BCUT2D eigenvalue weighted by molar-refractivity contribution is 6.18. The van der Waals surface area contributed by atoms with Gasteiger partial charge in [-0.1, -0.05) is 48.5 Å². The van der Waals surface area contributed by atoms with E-state index in [1.165, 1.54) is 17.3 Å². The molecule has 9 nitrogen and oxygen atoms in total. The lowest BCUT2D eigenvalue weighted by atomic mass is 9.51. The van der Waals surface area contributed by atoms with Crippen molar-refractivity contribution < 1.29 is 14.5 Å². The molecule has 7 rings (SSSR count). The van der Waals surface area contributed by atoms with Crippen molar-refractivity contribution in [2.75, 3.05) is 5.01 Å². The number of hydrogen-bond acceptors (Lipinski definition) is 6. The second-order valence-corrected chi connectivity index (χ2v) is 7.51. The molecule has 0 radical (unpaired) electrons. The summed E-state index contributed by atoms with van der Waals surface area (Å²) in [6, 6.07) is 14.1. The van der Waals surface area contributed by atoms with Crippen molar-refractivity contribution in [3.8, 4) is 0 Å². The largest absolute Gasteiger partial charge is 0.285 e. The summed E-state index contributed by atoms with van der Waals surface area (Å²) >= 11 is 0. The molecule has 4 aliphatic rings. The van der Waals surface area contributed by atoms with Gasteiger partial charge < -0.3 is 0 Å². The van der Waals surface area contributed by atoms with Gasteiger partial charge in [-0.3, -0.25) is 19.7 Å². The van der Waals surface area contributed by atoms with Crippen molar-refractivity contribution in [3.05, 3.63) is 93.6 Å². The van der Waals surface area contributed by atoms with Gasteiger partial charge in [0.25, 0.3) is 17.4 Å². The summed E-state index contributed by atoms with van der Waals surface area (Å²) in [5.74, 6) is -3.50. The van der Waals surface area contributed by atoms with Gasteiger partial charge in [0.2, 0.25) is 0 Å². The van der Waals surface area contributed by atoms with E-state index < -0.39 is 40.0 Å². The Morgan fingerprint density at radius 3 is 2.00 bits per heavy atom. The van der Waals surface area contributed by atoms with Gasteiger partial charge in [0.05, 0.1) is 5.92 Å². The van der Waals surface area contributed by atoms with E-state index in [1.807, 2.05) is 24.3 Å². The molecule has 0 saturated carbocycles. The van der Waals surface area contributed by atoms with E-state index in [0.29, 0.717) is 11.1 Å². The van der Waals surface area contributed by atoms with Gasteiger partial charge in [-0.15, -0.1) is 10.2 Å². The van der Waals surface area contributed by atoms with Crippen LogP contribution in [0.4, 0.5) is 0 Å². The Labute approximate surface area is 163 Å². The summed E-state index contributed by atoms with van der Waals surface area (Å²) in [7, 11) is 0. The first-order valence-corrected chi connectivity index (χ1v) is 9.14. The van der Waals surface area contributed by atoms with Gasteiger partial charge in [-0.05, 0) is 11.1 Å². The van der Waals surface area contributed by atoms with Crippen molar-refractivity contribution in [3.63, 3.8) is 0 Å². The van der Waals surface area contributed by atoms with Gasteiger partial charge >= 0.3 is 0 Å². The summed E-state index contributed by atoms with van der Waals surface area (Å²) < 4.78 is 1.20. The first kappa shape index (κ1) is 16.1. The van der Waals surface area contributed by atoms with E-state index in [9.17, 15) is 19.7 Å². The zero-order chi connectivity index (χ0) is 19.9. The van der Waals surface area contributed by atoms with E-state index in [4.69, 9.17) is 0 Å². The maximum atomic E-state index is 13.5. The zero-order valence-corrected chi connectivity index (χ0v) is 14.9. The van der Waals surface area contributed by atoms with Gasteiger partial charge in [0, 0.05) is 22.0 Å². The Hall–Kier alpha value is -3.88. The van der Waals surface area contributed by atoms with Crippen molar-refractivity contribution in [1.82, 2.24) is 14.9 Å². The Kier molecular flexibility index (Phi) is 2.85. The molecular formula is C20H13N5O4. The number of amides is 2. The fourth-order valence-corrected chi connectivity index (χ4v) is 5.55. The van der Waals surface area contributed by atoms with E-state index >= 15 is 0 Å². The van der Waals surface area contributed by atoms with Gasteiger partial charge in [-0.25, -0.2) is 4.68 Å². The van der Waals surface area contributed by atoms with E-state index in [0.717, 1.165) is 16.1 Å². The van der Waals surface area contributed by atoms with Crippen molar-refractivity contribution in [2.24, 2.45) is 11.8 Å². The molecule has 0 unspecified atom stereocenters. The summed E-state index contributed by atoms with van der Waals surface area (Å²) in [6.07, 6.45) is 2.49. The number of nitro groups is 1. The van der Waals surface area contributed by atoms with Crippen LogP contribution in [-0.4, -0.2) is 31.6 Å². The van der Waals surface area contributed by atoms with Crippen LogP contribution in [0.1, 0.15) is 28.2 Å². The molecule has 9 heteroatoms. The molecule has 2 heterocycles. The summed E-state index contributed by atoms with van der Waals surface area (Å²) in [5.41, 5.74) is 0.623. The number of imide groups is 1. The normalized spacial score (nSPS) is 28.8. The van der Waals surface area contributed by atoms with Crippen molar-refractivity contribution >= 4 is 11.8 Å². The number of aromatic nitrogens is 3. The monoisotopic (exact) mass is 387 g/mol. The quantitative estimate of drug-likeness (QED) is 0.371. The second-order valence-electron chi connectivity index (χ2n) is 7.51. The third-order valence-corrected chi connectivity index (χ3v) is 6.48.